The number of aromatic amines is 1. The van der Waals surface area contributed by atoms with Crippen LogP contribution in [0.2, 0.25) is 0 Å². The fourth-order valence-electron chi connectivity index (χ4n) is 3.11. The smallest absolute Gasteiger partial charge is 0.219 e. The Hall–Kier alpha value is -1.81. The quantitative estimate of drug-likeness (QED) is 0.864. The van der Waals surface area contributed by atoms with Gasteiger partial charge in [0.15, 0.2) is 0 Å². The van der Waals surface area contributed by atoms with Gasteiger partial charge in [0.1, 0.15) is 0 Å². The highest BCUT2D eigenvalue weighted by Gasteiger charge is 2.35. The molecule has 0 saturated carbocycles. The highest BCUT2D eigenvalue weighted by molar-refractivity contribution is 5.84. The molecule has 4 heteroatoms. The fraction of sp³-hybridized carbons (Fsp3) is 0.400. The third-order valence-electron chi connectivity index (χ3n) is 4.11. The lowest BCUT2D eigenvalue weighted by Crippen LogP contribution is -2.29. The number of aromatic nitrogens is 1. The predicted molar refractivity (Wildman–Crippen MR) is 75.6 cm³/mol. The van der Waals surface area contributed by atoms with E-state index in [0.717, 1.165) is 18.5 Å². The summed E-state index contributed by atoms with van der Waals surface area (Å²) in [6.07, 6.45) is 2.99. The summed E-state index contributed by atoms with van der Waals surface area (Å²) in [4.78, 5) is 17.1. The molecule has 2 unspecified atom stereocenters. The van der Waals surface area contributed by atoms with Crippen LogP contribution in [0.4, 0.5) is 0 Å². The van der Waals surface area contributed by atoms with E-state index in [1.54, 1.807) is 6.92 Å². The van der Waals surface area contributed by atoms with Crippen LogP contribution in [-0.2, 0) is 4.79 Å². The molecule has 0 spiro atoms. The van der Waals surface area contributed by atoms with Crippen molar-refractivity contribution in [1.82, 2.24) is 9.88 Å². The molecule has 0 radical (unpaired) electrons. The van der Waals surface area contributed by atoms with Gasteiger partial charge in [-0.3, -0.25) is 4.79 Å². The van der Waals surface area contributed by atoms with Crippen molar-refractivity contribution in [2.75, 3.05) is 13.1 Å². The molecule has 100 valence electrons. The van der Waals surface area contributed by atoms with Crippen LogP contribution in [0.25, 0.3) is 10.9 Å². The van der Waals surface area contributed by atoms with Crippen molar-refractivity contribution in [1.29, 1.82) is 0 Å². The summed E-state index contributed by atoms with van der Waals surface area (Å²) >= 11 is 0. The lowest BCUT2D eigenvalue weighted by molar-refractivity contribution is -0.129. The number of hydrogen-bond donors (Lipinski definition) is 2. The Balaban J connectivity index is 2.02. The Morgan fingerprint density at radius 3 is 3.00 bits per heavy atom. The number of benzene rings is 1. The molecular formula is C15H19N3O. The third kappa shape index (κ3) is 2.02. The molecule has 1 fully saturated rings. The van der Waals surface area contributed by atoms with Gasteiger partial charge in [-0.25, -0.2) is 0 Å². The molecule has 4 nitrogen and oxygen atoms in total. The maximum atomic E-state index is 11.8. The molecule has 1 saturated heterocycles. The van der Waals surface area contributed by atoms with Gasteiger partial charge < -0.3 is 15.6 Å². The zero-order valence-electron chi connectivity index (χ0n) is 11.1. The monoisotopic (exact) mass is 257 g/mol. The highest BCUT2D eigenvalue weighted by atomic mass is 16.2. The number of likely N-dealkylation sites (tertiary alicyclic amines) is 1. The molecule has 1 aromatic carbocycles. The lowest BCUT2D eigenvalue weighted by Gasteiger charge is -2.22. The molecule has 1 aliphatic heterocycles. The molecule has 1 amide bonds. The van der Waals surface area contributed by atoms with E-state index in [4.69, 9.17) is 5.73 Å². The minimum absolute atomic E-state index is 0.131. The van der Waals surface area contributed by atoms with Crippen molar-refractivity contribution in [2.45, 2.75) is 19.4 Å². The summed E-state index contributed by atoms with van der Waals surface area (Å²) < 4.78 is 0. The molecule has 0 bridgehead atoms. The second-order valence-electron chi connectivity index (χ2n) is 5.31. The molecular weight excluding hydrogens is 238 g/mol. The lowest BCUT2D eigenvalue weighted by atomic mass is 9.99. The van der Waals surface area contributed by atoms with Crippen molar-refractivity contribution in [3.63, 3.8) is 0 Å². The molecule has 0 aliphatic carbocycles. The zero-order chi connectivity index (χ0) is 13.4. The fourth-order valence-corrected chi connectivity index (χ4v) is 3.11. The molecule has 2 aromatic rings. The van der Waals surface area contributed by atoms with Gasteiger partial charge >= 0.3 is 0 Å². The summed E-state index contributed by atoms with van der Waals surface area (Å²) in [5.41, 5.74) is 8.11. The van der Waals surface area contributed by atoms with Gasteiger partial charge in [0.2, 0.25) is 5.91 Å². The van der Waals surface area contributed by atoms with E-state index in [1.165, 1.54) is 10.9 Å². The summed E-state index contributed by atoms with van der Waals surface area (Å²) in [5.74, 6) is 0.536. The van der Waals surface area contributed by atoms with Crippen LogP contribution in [-0.4, -0.2) is 28.9 Å². The largest absolute Gasteiger partial charge is 0.361 e. The summed E-state index contributed by atoms with van der Waals surface area (Å²) in [7, 11) is 0. The number of amides is 1. The first-order chi connectivity index (χ1) is 9.20. The summed E-state index contributed by atoms with van der Waals surface area (Å²) in [6.45, 7) is 3.05. The van der Waals surface area contributed by atoms with E-state index in [1.807, 2.05) is 23.2 Å². The van der Waals surface area contributed by atoms with Gasteiger partial charge in [-0.1, -0.05) is 18.2 Å². The van der Waals surface area contributed by atoms with E-state index in [2.05, 4.69) is 17.1 Å². The standard InChI is InChI=1S/C15H19N3O/c1-10(19)18-9-11(7-16)6-15(18)13-8-17-14-5-3-2-4-12(13)14/h2-5,8,11,15,17H,6-7,9,16H2,1H3. The average molecular weight is 257 g/mol. The molecule has 1 aromatic heterocycles. The summed E-state index contributed by atoms with van der Waals surface area (Å²) in [5, 5.41) is 1.21. The van der Waals surface area contributed by atoms with Crippen molar-refractivity contribution in [2.24, 2.45) is 11.7 Å². The van der Waals surface area contributed by atoms with E-state index in [0.29, 0.717) is 12.5 Å². The van der Waals surface area contributed by atoms with Crippen LogP contribution >= 0.6 is 0 Å². The van der Waals surface area contributed by atoms with Crippen molar-refractivity contribution < 1.29 is 4.79 Å². The van der Waals surface area contributed by atoms with Crippen LogP contribution in [0.3, 0.4) is 0 Å². The maximum Gasteiger partial charge on any atom is 0.219 e. The number of carbonyl (C=O) groups excluding carboxylic acids is 1. The van der Waals surface area contributed by atoms with E-state index < -0.39 is 0 Å². The van der Waals surface area contributed by atoms with Crippen molar-refractivity contribution in [3.8, 4) is 0 Å². The molecule has 2 heterocycles. The molecule has 3 rings (SSSR count). The van der Waals surface area contributed by atoms with E-state index in [-0.39, 0.29) is 11.9 Å². The number of fused-ring (bicyclic) bond motifs is 1. The number of carbonyl (C=O) groups is 1. The molecule has 2 atom stereocenters. The Kier molecular flexibility index (Phi) is 3.03. The molecule has 3 N–H and O–H groups in total. The topological polar surface area (TPSA) is 62.1 Å². The number of H-pyrrole nitrogens is 1. The average Bonchev–Trinajstić information content (AvgIpc) is 3.02. The third-order valence-corrected chi connectivity index (χ3v) is 4.11. The normalized spacial score (nSPS) is 23.2. The number of nitrogens with zero attached hydrogens (tertiary/aromatic N) is 1. The van der Waals surface area contributed by atoms with Crippen LogP contribution in [0.1, 0.15) is 24.9 Å². The second kappa shape index (κ2) is 4.70. The van der Waals surface area contributed by atoms with Gasteiger partial charge in [0, 0.05) is 30.6 Å². The first kappa shape index (κ1) is 12.2. The minimum atomic E-state index is 0.131. The number of nitrogens with two attached hydrogens (primary N) is 1. The van der Waals surface area contributed by atoms with Crippen LogP contribution < -0.4 is 5.73 Å². The van der Waals surface area contributed by atoms with Crippen molar-refractivity contribution >= 4 is 16.8 Å². The first-order valence-electron chi connectivity index (χ1n) is 6.74. The Labute approximate surface area is 112 Å². The van der Waals surface area contributed by atoms with E-state index in [9.17, 15) is 4.79 Å². The predicted octanol–water partition coefficient (Wildman–Crippen LogP) is 2.04. The minimum Gasteiger partial charge on any atom is -0.361 e. The van der Waals surface area contributed by atoms with Gasteiger partial charge in [-0.15, -0.1) is 0 Å². The van der Waals surface area contributed by atoms with Crippen molar-refractivity contribution in [3.05, 3.63) is 36.0 Å². The Morgan fingerprint density at radius 2 is 2.26 bits per heavy atom. The molecule has 1 aliphatic rings. The van der Waals surface area contributed by atoms with Gasteiger partial charge in [0.05, 0.1) is 6.04 Å². The first-order valence-corrected chi connectivity index (χ1v) is 6.74. The zero-order valence-corrected chi connectivity index (χ0v) is 11.1. The number of para-hydroxylation sites is 1. The van der Waals surface area contributed by atoms with Gasteiger partial charge in [0.25, 0.3) is 0 Å². The van der Waals surface area contributed by atoms with Crippen LogP contribution in [0.5, 0.6) is 0 Å². The van der Waals surface area contributed by atoms with Crippen LogP contribution in [0, 0.1) is 5.92 Å². The Bertz CT molecular complexity index is 604. The summed E-state index contributed by atoms with van der Waals surface area (Å²) in [6, 6.07) is 8.37. The van der Waals surface area contributed by atoms with Gasteiger partial charge in [-0.2, -0.15) is 0 Å². The van der Waals surface area contributed by atoms with Crippen LogP contribution in [0.15, 0.2) is 30.5 Å². The number of nitrogens with one attached hydrogen (secondary N) is 1. The maximum absolute atomic E-state index is 11.8. The van der Waals surface area contributed by atoms with E-state index >= 15 is 0 Å². The Morgan fingerprint density at radius 1 is 1.47 bits per heavy atom. The number of rotatable bonds is 2. The second-order valence-corrected chi connectivity index (χ2v) is 5.31. The van der Waals surface area contributed by atoms with Gasteiger partial charge in [-0.05, 0) is 30.5 Å². The number of hydrogen-bond acceptors (Lipinski definition) is 2. The highest BCUT2D eigenvalue weighted by Crippen LogP contribution is 2.38. The molecule has 19 heavy (non-hydrogen) atoms. The SMILES string of the molecule is CC(=O)N1CC(CN)CC1c1c[nH]c2ccccc12.